The Balaban J connectivity index is -0.00000162. The molecule has 96 heteroatoms. The maximum atomic E-state index is 13.2. The average Bonchev–Trinajstić information content (AvgIpc) is 0.755. The Morgan fingerprint density at radius 2 is 0.422 bits per heavy atom. The summed E-state index contributed by atoms with van der Waals surface area (Å²) in [5, 5.41) is 4.37. The van der Waals surface area contributed by atoms with Gasteiger partial charge in [-0.1, -0.05) is 23.5 Å². The molecule has 4 heterocycles. The first-order chi connectivity index (χ1) is 54.4. The molecular formula is C39H54N2Na14O64S16+14. The van der Waals surface area contributed by atoms with E-state index in [4.69, 9.17) is 28.4 Å². The van der Waals surface area contributed by atoms with Crippen molar-refractivity contribution < 1.29 is 692 Å². The Bertz CT molecular complexity index is 5460. The third kappa shape index (κ3) is 64.6. The van der Waals surface area contributed by atoms with Crippen molar-refractivity contribution in [2.75, 3.05) is 37.1 Å². The average molecular weight is 2410 g/mol. The molecule has 0 aromatic heterocycles. The molecule has 4 fully saturated rings. The Kier molecular flexibility index (Phi) is 81.2. The van der Waals surface area contributed by atoms with E-state index < -0.39 is 311 Å². The van der Waals surface area contributed by atoms with Crippen molar-refractivity contribution in [1.82, 2.24) is 0 Å². The van der Waals surface area contributed by atoms with Crippen molar-refractivity contribution in [2.24, 2.45) is 0 Å². The molecule has 0 radical (unpaired) electrons. The minimum Gasteiger partial charge on any atom is -0.356 e. The number of ether oxygens (including phenoxy) is 6. The molecule has 0 aliphatic carbocycles. The fraction of sp³-hybridized carbons (Fsp3) is 0.641. The molecular weight excluding hydrogens is 2360 g/mol. The van der Waals surface area contributed by atoms with Crippen LogP contribution in [0.4, 0.5) is 11.4 Å². The van der Waals surface area contributed by atoms with Crippen molar-refractivity contribution in [1.29, 1.82) is 0 Å². The first-order valence-corrected chi connectivity index (χ1v) is 50.4. The summed E-state index contributed by atoms with van der Waals surface area (Å²) in [4.78, 5) is 25.8. The molecule has 2 aromatic rings. The van der Waals surface area contributed by atoms with Crippen molar-refractivity contribution >= 4 is 192 Å². The molecule has 16 N–H and O–H groups in total. The number of anilines is 2. The Hall–Kier alpha value is 10.0. The molecule has 2 amide bonds. The Morgan fingerprint density at radius 3 is 0.622 bits per heavy atom. The van der Waals surface area contributed by atoms with Gasteiger partial charge in [-0.25, -0.2) is 58.6 Å². The van der Waals surface area contributed by atoms with Gasteiger partial charge in [-0.05, 0) is 48.5 Å². The number of rotatable bonds is 44. The number of thioether (sulfide) groups is 2. The quantitative estimate of drug-likeness (QED) is 0.0166. The van der Waals surface area contributed by atoms with Crippen LogP contribution < -0.4 is 424 Å². The summed E-state index contributed by atoms with van der Waals surface area (Å²) in [5.41, 5.74) is -5.62. The minimum atomic E-state index is -6.31. The number of hydrogen-bond donors (Lipinski definition) is 16. The Labute approximate surface area is 1090 Å². The predicted octanol–water partition coefficient (Wildman–Crippen LogP) is -50.3. The van der Waals surface area contributed by atoms with Crippen LogP contribution in [0.15, 0.2) is 58.3 Å². The first-order valence-electron chi connectivity index (χ1n) is 29.5. The van der Waals surface area contributed by atoms with Gasteiger partial charge in [0.25, 0.3) is 0 Å². The van der Waals surface area contributed by atoms with E-state index in [0.29, 0.717) is 0 Å². The van der Waals surface area contributed by atoms with Gasteiger partial charge < -0.3 is 39.1 Å². The number of amides is 2. The summed E-state index contributed by atoms with van der Waals surface area (Å²) in [6.07, 6.45) is -58.4. The van der Waals surface area contributed by atoms with Gasteiger partial charge in [-0.3, -0.25) is 73.3 Å². The maximum absolute atomic E-state index is 13.2. The van der Waals surface area contributed by atoms with Crippen molar-refractivity contribution in [3.05, 3.63) is 48.5 Å². The normalized spacial score (nSPS) is 25.9. The second-order valence-corrected chi connectivity index (χ2v) is 39.9. The summed E-state index contributed by atoms with van der Waals surface area (Å²) >= 11 is 0.0969. The van der Waals surface area contributed by atoms with Crippen LogP contribution in [0.25, 0.3) is 0 Å². The molecule has 6 rings (SSSR count). The second-order valence-electron chi connectivity index (χ2n) is 22.7. The van der Waals surface area contributed by atoms with Crippen LogP contribution in [0.3, 0.4) is 0 Å². The Morgan fingerprint density at radius 1 is 0.244 bits per heavy atom. The van der Waals surface area contributed by atoms with Crippen LogP contribution in [-0.2, 0) is 242 Å². The SMILES string of the molecule is O=C(CC(=O)Nc1ccc(S[C@@H]2O[C@H](COS(=O)(=O)O)[C@@H](O[C@@H]3O[C@H](COS(=O)(=O)O)[C@@H](OS(=O)(=O)O)[C@H](OS(=O)(=O)O)[C@H]3OS(=O)(=O)O)[C@H](OS(=O)(=O)O)[C@H]2OS(=O)(=O)O)cc1)Nc1ccc(S[C@@H]2O[C@H](COS(=O)(=O)O)[C@@H](O[C@@H]3O[C@H](COS(=O)(=O)O)[C@@H](OS(=O)(=O)O)[C@H](OS(=O)(=O)O)[C@H]3OS(=O)(=O)O)[C@H](OS(=O)(=O)O)[C@H]2OS(=O)(=O)O)cc1.[Na+].[Na+].[Na+].[Na+].[Na+].[Na+].[Na+].[Na+].[Na+].[Na+].[Na+].[Na+].[Na+].[Na+]. The summed E-state index contributed by atoms with van der Waals surface area (Å²) in [6.45, 7) is -7.73. The van der Waals surface area contributed by atoms with Crippen LogP contribution in [0, 0.1) is 0 Å². The summed E-state index contributed by atoms with van der Waals surface area (Å²) < 4.78 is 568. The van der Waals surface area contributed by atoms with Gasteiger partial charge in [0, 0.05) is 21.2 Å². The van der Waals surface area contributed by atoms with Gasteiger partial charge >= 0.3 is 559 Å². The molecule has 66 nitrogen and oxygen atoms in total. The van der Waals surface area contributed by atoms with Crippen LogP contribution in [0.2, 0.25) is 0 Å². The smallest absolute Gasteiger partial charge is 0.356 e. The molecule has 4 aliphatic rings. The monoisotopic (exact) mass is 2410 g/mol. The van der Waals surface area contributed by atoms with Gasteiger partial charge in [0.15, 0.2) is 24.8 Å². The van der Waals surface area contributed by atoms with E-state index in [2.05, 4.69) is 69.2 Å². The van der Waals surface area contributed by atoms with E-state index in [0.717, 1.165) is 48.5 Å². The van der Waals surface area contributed by atoms with Crippen molar-refractivity contribution in [2.45, 2.75) is 137 Å². The zero-order valence-electron chi connectivity index (χ0n) is 70.9. The van der Waals surface area contributed by atoms with E-state index in [9.17, 15) is 191 Å². The predicted molar refractivity (Wildman–Crippen MR) is 365 cm³/mol. The molecule has 2 aromatic carbocycles. The zero-order chi connectivity index (χ0) is 92.2. The van der Waals surface area contributed by atoms with Gasteiger partial charge in [0.2, 0.25) is 11.8 Å². The molecule has 4 aliphatic heterocycles. The molecule has 0 unspecified atom stereocenters. The van der Waals surface area contributed by atoms with E-state index in [1.54, 1.807) is 0 Å². The van der Waals surface area contributed by atoms with E-state index in [1.807, 2.05) is 0 Å². The van der Waals surface area contributed by atoms with Crippen molar-refractivity contribution in [3.63, 3.8) is 0 Å². The number of carbonyl (C=O) groups is 2. The number of benzene rings is 2. The van der Waals surface area contributed by atoms with Crippen LogP contribution in [0.1, 0.15) is 6.42 Å². The molecule has 4 saturated heterocycles. The third-order valence-corrected chi connectivity index (χ3v) is 22.6. The topological polar surface area (TPSA) is 1000 Å². The molecule has 0 saturated carbocycles. The van der Waals surface area contributed by atoms with Gasteiger partial charge in [-0.15, -0.1) is 0 Å². The fourth-order valence-electron chi connectivity index (χ4n) is 10.3. The number of nitrogens with one attached hydrogen (secondary N) is 2. The van der Waals surface area contributed by atoms with Crippen LogP contribution in [-0.4, -0.2) is 341 Å². The summed E-state index contributed by atoms with van der Waals surface area (Å²) in [7, 11) is -85.7. The molecule has 0 spiro atoms. The third-order valence-electron chi connectivity index (χ3n) is 13.9. The van der Waals surface area contributed by atoms with Crippen LogP contribution >= 0.6 is 23.5 Å². The summed E-state index contributed by atoms with van der Waals surface area (Å²) in [6, 6.07) is 7.30. The largest absolute Gasteiger partial charge is 1.00 e. The zero-order valence-corrected chi connectivity index (χ0v) is 112. The van der Waals surface area contributed by atoms with Gasteiger partial charge in [-0.2, -0.15) is 118 Å². The van der Waals surface area contributed by atoms with Gasteiger partial charge in [0.05, 0.1) is 26.4 Å². The second kappa shape index (κ2) is 67.4. The van der Waals surface area contributed by atoms with Crippen LogP contribution in [0.5, 0.6) is 0 Å². The minimum absolute atomic E-state index is 0. The van der Waals surface area contributed by atoms with E-state index >= 15 is 0 Å². The number of carbonyl (C=O) groups excluding carboxylic acids is 2. The van der Waals surface area contributed by atoms with E-state index in [1.165, 1.54) is 0 Å². The molecule has 700 valence electrons. The summed E-state index contributed by atoms with van der Waals surface area (Å²) in [5.74, 6) is -2.47. The molecule has 20 atom stereocenters. The van der Waals surface area contributed by atoms with Crippen molar-refractivity contribution in [3.8, 4) is 0 Å². The number of hydrogen-bond acceptors (Lipinski definition) is 52. The van der Waals surface area contributed by atoms with E-state index in [-0.39, 0.29) is 458 Å². The standard InChI is InChI=1S/C39H54N2O64S16.14Na/c42-22(40-14-1-5-16(6-2-14)106-38-34(104-120(80,81)82)28(98-114(62,63)64)24(18(92-38)10-86-108(44,45)46)94-36-32(102-118(74,75)76)30(100-116(68,69)70)26(96-112(56,57)58)20(90-36)12-88-110(50,51)52)9-23(43)41-15-3-7-17(8-4-15)107-39-35(105-121(83,84)85)29(99-115(65,66)67)25(19(93-39)11-87-109(47,48)49)95-37-33(103-119(77,78)79)31(101-117(71,72)73)27(97-113(59,60)61)21(91-37)13-89-111(53,54)55;;;;;;;;;;;;;;/h1-8,18-21,24-39H,9-13H2,(H,40,42)(H,41,43)(H,44,45,46)(H,47,48,49)(H,50,51,52)(H,53,54,55)(H,56,57,58)(H,59,60,61)(H,62,63,64)(H,65,66,67)(H,68,69,70)(H,71,72,73)(H,74,75,76)(H,77,78,79)(H,80,81,82)(H,83,84,85);;;;;;;;;;;;;;/q;14*+1/t18-,19-,20-,21-,24-,25-,26-,27-,28+,29+,30+,31+,32-,33-,34-,35-,36+,37+,38+,39+;;;;;;;;;;;;;;/m1............../s1. The molecule has 0 bridgehead atoms. The molecule has 135 heavy (non-hydrogen) atoms. The fourth-order valence-corrected chi connectivity index (χ4v) is 18.8. The van der Waals surface area contributed by atoms with Gasteiger partial charge in [0.1, 0.15) is 103 Å². The first kappa shape index (κ1) is 163. The maximum Gasteiger partial charge on any atom is 1.00 e.